The van der Waals surface area contributed by atoms with Crippen molar-refractivity contribution in [3.63, 3.8) is 0 Å². The first-order valence-electron chi connectivity index (χ1n) is 32.1. The summed E-state index contributed by atoms with van der Waals surface area (Å²) in [5.41, 5.74) is 0. The number of amides is 1. The highest BCUT2D eigenvalue weighted by Crippen LogP contribution is 2.26. The van der Waals surface area contributed by atoms with E-state index in [1.165, 1.54) is 154 Å². The molecule has 0 aromatic rings. The molecule has 1 fully saturated rings. The van der Waals surface area contributed by atoms with Crippen molar-refractivity contribution in [1.82, 2.24) is 5.32 Å². The Morgan fingerprint density at radius 3 is 1.36 bits per heavy atom. The van der Waals surface area contributed by atoms with E-state index in [1.807, 2.05) is 6.08 Å². The summed E-state index contributed by atoms with van der Waals surface area (Å²) in [6, 6.07) is -1.03. The van der Waals surface area contributed by atoms with Crippen molar-refractivity contribution in [2.45, 2.75) is 333 Å². The lowest BCUT2D eigenvalue weighted by atomic mass is 9.99. The standard InChI is InChI=1S/C66H119NO10/c1-4-7-10-13-16-19-22-25-27-28-29-30-31-33-35-38-41-44-47-50-53-59(70)65(74)67-57(58(69)52-49-46-43-40-37-34-24-21-18-15-12-9-6-3)56-75-66-64(63(73)62(72)60(55-68)76-66)77-61(71)54-51-48-45-42-39-36-32-26-23-20-17-14-11-8-5-2/h16,19,25,27,29-30,33,35,49,52,57-60,62-64,66,68-70,72-73H,4-15,17-18,20-24,26,28,31-32,34,36-48,50-51,53-56H2,1-3H3,(H,67,74)/b19-16-,27-25-,30-29-,35-33-,52-49+. The van der Waals surface area contributed by atoms with Crippen LogP contribution in [-0.4, -0.2) is 99.6 Å². The molecule has 0 radical (unpaired) electrons. The van der Waals surface area contributed by atoms with Gasteiger partial charge in [-0.15, -0.1) is 0 Å². The number of esters is 1. The maximum atomic E-state index is 13.4. The Hall–Kier alpha value is -2.64. The lowest BCUT2D eigenvalue weighted by Crippen LogP contribution is -2.61. The van der Waals surface area contributed by atoms with Crippen LogP contribution >= 0.6 is 0 Å². The highest BCUT2D eigenvalue weighted by atomic mass is 16.7. The molecule has 1 aliphatic rings. The van der Waals surface area contributed by atoms with Crippen LogP contribution in [0.2, 0.25) is 0 Å². The third kappa shape index (κ3) is 42.0. The van der Waals surface area contributed by atoms with E-state index in [0.717, 1.165) is 83.5 Å². The normalized spacial score (nSPS) is 19.4. The Kier molecular flexibility index (Phi) is 50.7. The summed E-state index contributed by atoms with van der Waals surface area (Å²) in [5.74, 6) is -1.21. The Morgan fingerprint density at radius 1 is 0.506 bits per heavy atom. The number of hydrogen-bond acceptors (Lipinski definition) is 10. The Balaban J connectivity index is 2.70. The van der Waals surface area contributed by atoms with E-state index in [4.69, 9.17) is 14.2 Å². The van der Waals surface area contributed by atoms with Gasteiger partial charge in [0.25, 0.3) is 0 Å². The molecule has 8 atom stereocenters. The summed E-state index contributed by atoms with van der Waals surface area (Å²) >= 11 is 0. The van der Waals surface area contributed by atoms with Crippen molar-refractivity contribution in [3.8, 4) is 0 Å². The molecule has 1 saturated heterocycles. The second-order valence-corrected chi connectivity index (χ2v) is 22.1. The number of allylic oxidation sites excluding steroid dienone is 9. The van der Waals surface area contributed by atoms with Crippen LogP contribution in [0.4, 0.5) is 0 Å². The van der Waals surface area contributed by atoms with Crippen molar-refractivity contribution >= 4 is 11.9 Å². The number of unbranched alkanes of at least 4 members (excludes halogenated alkanes) is 32. The van der Waals surface area contributed by atoms with Gasteiger partial charge < -0.3 is 45.1 Å². The minimum Gasteiger partial charge on any atom is -0.454 e. The zero-order valence-electron chi connectivity index (χ0n) is 49.6. The summed E-state index contributed by atoms with van der Waals surface area (Å²) in [6.45, 7) is 5.77. The van der Waals surface area contributed by atoms with Gasteiger partial charge >= 0.3 is 5.97 Å². The van der Waals surface area contributed by atoms with Crippen molar-refractivity contribution in [2.24, 2.45) is 0 Å². The number of ether oxygens (including phenoxy) is 3. The molecule has 1 aliphatic heterocycles. The zero-order chi connectivity index (χ0) is 56.1. The third-order valence-corrected chi connectivity index (χ3v) is 14.9. The van der Waals surface area contributed by atoms with Crippen LogP contribution in [0.1, 0.15) is 284 Å². The van der Waals surface area contributed by atoms with Crippen LogP contribution in [0, 0.1) is 0 Å². The van der Waals surface area contributed by atoms with Crippen molar-refractivity contribution in [3.05, 3.63) is 60.8 Å². The third-order valence-electron chi connectivity index (χ3n) is 14.9. The number of carbonyl (C=O) groups excluding carboxylic acids is 2. The molecule has 448 valence electrons. The van der Waals surface area contributed by atoms with E-state index in [1.54, 1.807) is 6.08 Å². The summed E-state index contributed by atoms with van der Waals surface area (Å²) in [5, 5.41) is 57.0. The summed E-state index contributed by atoms with van der Waals surface area (Å²) in [4.78, 5) is 26.6. The molecule has 0 saturated carbocycles. The average molecular weight is 1090 g/mol. The van der Waals surface area contributed by atoms with E-state index in [0.29, 0.717) is 12.8 Å². The van der Waals surface area contributed by atoms with Gasteiger partial charge in [0, 0.05) is 6.42 Å². The van der Waals surface area contributed by atoms with Gasteiger partial charge in [0.05, 0.1) is 25.4 Å². The second kappa shape index (κ2) is 54.0. The van der Waals surface area contributed by atoms with Crippen molar-refractivity contribution in [2.75, 3.05) is 13.2 Å². The topological polar surface area (TPSA) is 175 Å². The van der Waals surface area contributed by atoms with Crippen LogP contribution in [0.15, 0.2) is 60.8 Å². The van der Waals surface area contributed by atoms with Crippen LogP contribution < -0.4 is 5.32 Å². The lowest BCUT2D eigenvalue weighted by Gasteiger charge is -2.41. The molecule has 11 nitrogen and oxygen atoms in total. The Bertz CT molecular complexity index is 1480. The first kappa shape index (κ1) is 72.4. The minimum absolute atomic E-state index is 0.123. The van der Waals surface area contributed by atoms with Gasteiger partial charge in [-0.3, -0.25) is 9.59 Å². The summed E-state index contributed by atoms with van der Waals surface area (Å²) < 4.78 is 17.6. The zero-order valence-corrected chi connectivity index (χ0v) is 49.6. The molecular weight excluding hydrogens is 967 g/mol. The van der Waals surface area contributed by atoms with Crippen molar-refractivity contribution < 1.29 is 49.3 Å². The first-order chi connectivity index (χ1) is 37.7. The molecular formula is C66H119NO10. The average Bonchev–Trinajstić information content (AvgIpc) is 3.43. The van der Waals surface area contributed by atoms with Gasteiger partial charge in [0.2, 0.25) is 5.91 Å². The molecule has 8 unspecified atom stereocenters. The van der Waals surface area contributed by atoms with Gasteiger partial charge in [-0.25, -0.2) is 0 Å². The summed E-state index contributed by atoms with van der Waals surface area (Å²) in [7, 11) is 0. The fourth-order valence-electron chi connectivity index (χ4n) is 9.81. The smallest absolute Gasteiger partial charge is 0.306 e. The SMILES string of the molecule is CCCCC/C=C\C/C=C\C/C=C\C/C=C\CCCCCCC(O)C(=O)NC(COC1OC(CO)C(O)C(O)C1OC(=O)CCCCCCCCCCCCCCCCC)C(O)/C=C/CCCCCCCCCCCCC. The fourth-order valence-corrected chi connectivity index (χ4v) is 9.81. The van der Waals surface area contributed by atoms with Gasteiger partial charge in [0.15, 0.2) is 12.4 Å². The number of aliphatic hydroxyl groups excluding tert-OH is 5. The van der Waals surface area contributed by atoms with E-state index in [-0.39, 0.29) is 19.4 Å². The molecule has 11 heteroatoms. The van der Waals surface area contributed by atoms with Crippen LogP contribution in [-0.2, 0) is 23.8 Å². The molecule has 1 amide bonds. The van der Waals surface area contributed by atoms with E-state index < -0.39 is 67.4 Å². The van der Waals surface area contributed by atoms with Gasteiger partial charge in [-0.05, 0) is 70.6 Å². The number of hydrogen-bond donors (Lipinski definition) is 6. The summed E-state index contributed by atoms with van der Waals surface area (Å²) in [6.07, 6.45) is 56.8. The molecule has 0 spiro atoms. The van der Waals surface area contributed by atoms with Gasteiger partial charge in [0.1, 0.15) is 24.4 Å². The number of rotatable bonds is 54. The van der Waals surface area contributed by atoms with Gasteiger partial charge in [-0.1, -0.05) is 268 Å². The van der Waals surface area contributed by atoms with E-state index in [9.17, 15) is 35.1 Å². The van der Waals surface area contributed by atoms with Gasteiger partial charge in [-0.2, -0.15) is 0 Å². The molecule has 1 rings (SSSR count). The number of carbonyl (C=O) groups is 2. The number of nitrogens with one attached hydrogen (secondary N) is 1. The van der Waals surface area contributed by atoms with Crippen LogP contribution in [0.3, 0.4) is 0 Å². The van der Waals surface area contributed by atoms with Crippen LogP contribution in [0.5, 0.6) is 0 Å². The second-order valence-electron chi connectivity index (χ2n) is 22.1. The maximum absolute atomic E-state index is 13.4. The molecule has 0 aliphatic carbocycles. The quantitative estimate of drug-likeness (QED) is 0.0195. The molecule has 0 aromatic heterocycles. The largest absolute Gasteiger partial charge is 0.454 e. The molecule has 77 heavy (non-hydrogen) atoms. The lowest BCUT2D eigenvalue weighted by molar-refractivity contribution is -0.305. The maximum Gasteiger partial charge on any atom is 0.306 e. The fraction of sp³-hybridized carbons (Fsp3) is 0.818. The molecule has 6 N–H and O–H groups in total. The first-order valence-corrected chi connectivity index (χ1v) is 32.1. The molecule has 1 heterocycles. The highest BCUT2D eigenvalue weighted by Gasteiger charge is 2.47. The molecule has 0 bridgehead atoms. The minimum atomic E-state index is -1.62. The Morgan fingerprint density at radius 2 is 0.896 bits per heavy atom. The van der Waals surface area contributed by atoms with Crippen molar-refractivity contribution in [1.29, 1.82) is 0 Å². The number of aliphatic hydroxyl groups is 5. The Labute approximate surface area is 471 Å². The monoisotopic (exact) mass is 1090 g/mol. The van der Waals surface area contributed by atoms with Crippen LogP contribution in [0.25, 0.3) is 0 Å². The van der Waals surface area contributed by atoms with E-state index >= 15 is 0 Å². The molecule has 0 aromatic carbocycles. The predicted octanol–water partition coefficient (Wildman–Crippen LogP) is 15.4. The predicted molar refractivity (Wildman–Crippen MR) is 320 cm³/mol. The highest BCUT2D eigenvalue weighted by molar-refractivity contribution is 5.80. The van der Waals surface area contributed by atoms with E-state index in [2.05, 4.69) is 74.7 Å².